The Bertz CT molecular complexity index is 870. The Morgan fingerprint density at radius 2 is 2.10 bits per heavy atom. The van der Waals surface area contributed by atoms with Crippen LogP contribution in [0.2, 0.25) is 0 Å². The molecule has 0 aliphatic carbocycles. The topological polar surface area (TPSA) is 78.9 Å². The summed E-state index contributed by atoms with van der Waals surface area (Å²) in [6.07, 6.45) is 2.31. The lowest BCUT2D eigenvalue weighted by atomic mass is 10.1. The van der Waals surface area contributed by atoms with Gasteiger partial charge in [-0.15, -0.1) is 0 Å². The number of fused-ring (bicyclic) bond motifs is 1. The molecule has 1 amide bonds. The number of guanidine groups is 1. The lowest BCUT2D eigenvalue weighted by Gasteiger charge is -2.23. The fourth-order valence-corrected chi connectivity index (χ4v) is 3.43. The summed E-state index contributed by atoms with van der Waals surface area (Å²) in [6.45, 7) is 10.5. The van der Waals surface area contributed by atoms with Crippen LogP contribution in [-0.4, -0.2) is 53.2 Å². The summed E-state index contributed by atoms with van der Waals surface area (Å²) in [5.41, 5.74) is 1.59. The fourth-order valence-electron chi connectivity index (χ4n) is 3.43. The highest BCUT2D eigenvalue weighted by atomic mass is 16.6. The Hall–Kier alpha value is -2.83. The lowest BCUT2D eigenvalue weighted by molar-refractivity contribution is 0.0507. The van der Waals surface area contributed by atoms with Gasteiger partial charge in [0.05, 0.1) is 18.1 Å². The molecule has 2 N–H and O–H groups in total. The minimum absolute atomic E-state index is 0.0490. The summed E-state index contributed by atoms with van der Waals surface area (Å²) in [4.78, 5) is 23.6. The van der Waals surface area contributed by atoms with Crippen molar-refractivity contribution in [3.8, 4) is 0 Å². The molecule has 1 saturated heterocycles. The standard InChI is InChI=1S/C22H31N5O2/c1-5-23-20(25-14-17-9-6-8-16-10-7-12-24-19(16)17)27-13-11-18(15-27)26-21(28)29-22(2,3)4/h6-10,12,18H,5,11,13-15H2,1-4H3,(H,23,25)(H,26,28). The molecule has 156 valence electrons. The van der Waals surface area contributed by atoms with Crippen LogP contribution < -0.4 is 10.6 Å². The zero-order valence-electron chi connectivity index (χ0n) is 17.7. The Labute approximate surface area is 172 Å². The van der Waals surface area contributed by atoms with E-state index in [1.807, 2.05) is 39.1 Å². The number of amides is 1. The van der Waals surface area contributed by atoms with Crippen molar-refractivity contribution < 1.29 is 9.53 Å². The van der Waals surface area contributed by atoms with Gasteiger partial charge in [0, 0.05) is 31.2 Å². The number of pyridine rings is 1. The second kappa shape index (κ2) is 9.11. The van der Waals surface area contributed by atoms with Crippen molar-refractivity contribution in [3.05, 3.63) is 42.1 Å². The fraction of sp³-hybridized carbons (Fsp3) is 0.500. The SMILES string of the molecule is CCNC(=NCc1cccc2cccnc12)N1CCC(NC(=O)OC(C)(C)C)C1. The first-order chi connectivity index (χ1) is 13.9. The van der Waals surface area contributed by atoms with Crippen molar-refractivity contribution in [1.29, 1.82) is 0 Å². The number of carbonyl (C=O) groups is 1. The van der Waals surface area contributed by atoms with E-state index in [9.17, 15) is 4.79 Å². The van der Waals surface area contributed by atoms with Gasteiger partial charge in [-0.2, -0.15) is 0 Å². The number of hydrogen-bond acceptors (Lipinski definition) is 4. The summed E-state index contributed by atoms with van der Waals surface area (Å²) in [5.74, 6) is 0.855. The van der Waals surface area contributed by atoms with Gasteiger partial charge >= 0.3 is 6.09 Å². The van der Waals surface area contributed by atoms with Crippen molar-refractivity contribution in [3.63, 3.8) is 0 Å². The maximum atomic E-state index is 12.0. The van der Waals surface area contributed by atoms with Crippen LogP contribution in [-0.2, 0) is 11.3 Å². The van der Waals surface area contributed by atoms with Crippen molar-refractivity contribution >= 4 is 23.0 Å². The monoisotopic (exact) mass is 397 g/mol. The highest BCUT2D eigenvalue weighted by Gasteiger charge is 2.27. The molecule has 1 atom stereocenters. The zero-order chi connectivity index (χ0) is 20.9. The second-order valence-electron chi connectivity index (χ2n) is 8.24. The van der Waals surface area contributed by atoms with Crippen LogP contribution >= 0.6 is 0 Å². The summed E-state index contributed by atoms with van der Waals surface area (Å²) < 4.78 is 5.37. The van der Waals surface area contributed by atoms with E-state index < -0.39 is 5.60 Å². The number of hydrogen-bond donors (Lipinski definition) is 2. The van der Waals surface area contributed by atoms with E-state index in [0.717, 1.165) is 41.9 Å². The average Bonchev–Trinajstić information content (AvgIpc) is 3.11. The highest BCUT2D eigenvalue weighted by molar-refractivity contribution is 5.83. The molecule has 29 heavy (non-hydrogen) atoms. The Morgan fingerprint density at radius 3 is 2.86 bits per heavy atom. The number of nitrogens with one attached hydrogen (secondary N) is 2. The van der Waals surface area contributed by atoms with Crippen LogP contribution in [0.1, 0.15) is 39.7 Å². The first-order valence-electron chi connectivity index (χ1n) is 10.2. The number of rotatable bonds is 4. The Morgan fingerprint density at radius 1 is 1.31 bits per heavy atom. The number of benzene rings is 1. The molecule has 2 heterocycles. The van der Waals surface area contributed by atoms with Gasteiger partial charge in [0.25, 0.3) is 0 Å². The van der Waals surface area contributed by atoms with E-state index in [1.165, 1.54) is 0 Å². The van der Waals surface area contributed by atoms with Crippen LogP contribution in [0.15, 0.2) is 41.5 Å². The van der Waals surface area contributed by atoms with E-state index in [-0.39, 0.29) is 12.1 Å². The van der Waals surface area contributed by atoms with Crippen LogP contribution in [0.5, 0.6) is 0 Å². The molecule has 0 saturated carbocycles. The van der Waals surface area contributed by atoms with Crippen LogP contribution in [0, 0.1) is 0 Å². The van der Waals surface area contributed by atoms with Gasteiger partial charge in [-0.1, -0.05) is 24.3 Å². The van der Waals surface area contributed by atoms with E-state index in [0.29, 0.717) is 13.1 Å². The van der Waals surface area contributed by atoms with Crippen LogP contribution in [0.3, 0.4) is 0 Å². The summed E-state index contributed by atoms with van der Waals surface area (Å²) in [5, 5.41) is 7.45. The molecule has 1 aromatic heterocycles. The number of para-hydroxylation sites is 1. The third-order valence-corrected chi connectivity index (χ3v) is 4.66. The molecule has 3 rings (SSSR count). The number of aliphatic imine (C=N–C) groups is 1. The van der Waals surface area contributed by atoms with E-state index in [4.69, 9.17) is 9.73 Å². The van der Waals surface area contributed by atoms with Gasteiger partial charge in [-0.25, -0.2) is 9.79 Å². The van der Waals surface area contributed by atoms with Crippen LogP contribution in [0.4, 0.5) is 4.79 Å². The van der Waals surface area contributed by atoms with E-state index >= 15 is 0 Å². The second-order valence-corrected chi connectivity index (χ2v) is 8.24. The van der Waals surface area contributed by atoms with Gasteiger partial charge in [0.15, 0.2) is 5.96 Å². The van der Waals surface area contributed by atoms with Crippen molar-refractivity contribution in [2.24, 2.45) is 4.99 Å². The van der Waals surface area contributed by atoms with Crippen molar-refractivity contribution in [2.45, 2.75) is 52.3 Å². The number of ether oxygens (including phenoxy) is 1. The van der Waals surface area contributed by atoms with Crippen molar-refractivity contribution in [1.82, 2.24) is 20.5 Å². The summed E-state index contributed by atoms with van der Waals surface area (Å²) >= 11 is 0. The zero-order valence-corrected chi connectivity index (χ0v) is 17.7. The molecule has 2 aromatic rings. The maximum absolute atomic E-state index is 12.0. The molecular formula is C22H31N5O2. The molecule has 1 aromatic carbocycles. The van der Waals surface area contributed by atoms with E-state index in [1.54, 1.807) is 0 Å². The Kier molecular flexibility index (Phi) is 6.56. The minimum Gasteiger partial charge on any atom is -0.444 e. The molecule has 1 fully saturated rings. The minimum atomic E-state index is -0.495. The smallest absolute Gasteiger partial charge is 0.407 e. The quantitative estimate of drug-likeness (QED) is 0.611. The summed E-state index contributed by atoms with van der Waals surface area (Å²) in [7, 11) is 0. The largest absolute Gasteiger partial charge is 0.444 e. The molecule has 1 aliphatic rings. The molecule has 1 unspecified atom stereocenters. The predicted octanol–water partition coefficient (Wildman–Crippen LogP) is 3.30. The van der Waals surface area contributed by atoms with Crippen molar-refractivity contribution in [2.75, 3.05) is 19.6 Å². The number of likely N-dealkylation sites (tertiary alicyclic amines) is 1. The van der Waals surface area contributed by atoms with Gasteiger partial charge in [0.2, 0.25) is 0 Å². The van der Waals surface area contributed by atoms with Crippen LogP contribution in [0.25, 0.3) is 10.9 Å². The first-order valence-corrected chi connectivity index (χ1v) is 10.2. The molecule has 7 nitrogen and oxygen atoms in total. The number of nitrogens with zero attached hydrogens (tertiary/aromatic N) is 3. The van der Waals surface area contributed by atoms with Gasteiger partial charge < -0.3 is 20.3 Å². The lowest BCUT2D eigenvalue weighted by Crippen LogP contribution is -2.44. The molecule has 7 heteroatoms. The Balaban J connectivity index is 1.66. The first kappa shape index (κ1) is 20.9. The third-order valence-electron chi connectivity index (χ3n) is 4.66. The molecule has 0 bridgehead atoms. The third kappa shape index (κ3) is 5.82. The van der Waals surface area contributed by atoms with Gasteiger partial charge in [0.1, 0.15) is 5.60 Å². The van der Waals surface area contributed by atoms with E-state index in [2.05, 4.69) is 45.6 Å². The average molecular weight is 398 g/mol. The molecule has 0 radical (unpaired) electrons. The number of alkyl carbamates (subject to hydrolysis) is 1. The molecule has 0 spiro atoms. The maximum Gasteiger partial charge on any atom is 0.407 e. The normalized spacial score (nSPS) is 17.4. The molecule has 1 aliphatic heterocycles. The summed E-state index contributed by atoms with van der Waals surface area (Å²) in [6, 6.07) is 10.2. The molecular weight excluding hydrogens is 366 g/mol. The number of carbonyl (C=O) groups excluding carboxylic acids is 1. The van der Waals surface area contributed by atoms with Gasteiger partial charge in [-0.3, -0.25) is 4.98 Å². The highest BCUT2D eigenvalue weighted by Crippen LogP contribution is 2.17. The van der Waals surface area contributed by atoms with Gasteiger partial charge in [-0.05, 0) is 45.7 Å². The number of aromatic nitrogens is 1. The predicted molar refractivity (Wildman–Crippen MR) is 116 cm³/mol.